The van der Waals surface area contributed by atoms with Crippen LogP contribution in [0.1, 0.15) is 16.5 Å². The van der Waals surface area contributed by atoms with E-state index in [4.69, 9.17) is 23.2 Å². The first-order chi connectivity index (χ1) is 7.79. The Bertz CT molecular complexity index is 425. The lowest BCUT2D eigenvalue weighted by atomic mass is 9.98. The minimum absolute atomic E-state index is 0.310. The maximum absolute atomic E-state index is 6.00. The Morgan fingerprint density at radius 1 is 1.25 bits per heavy atom. The third-order valence-electron chi connectivity index (χ3n) is 2.43. The Labute approximate surface area is 109 Å². The predicted molar refractivity (Wildman–Crippen MR) is 70.7 cm³/mol. The number of hydrogen-bond acceptors (Lipinski definition) is 2. The molecule has 0 aliphatic carbocycles. The molecule has 1 aromatic heterocycles. The van der Waals surface area contributed by atoms with Gasteiger partial charge in [-0.05, 0) is 17.7 Å². The highest BCUT2D eigenvalue weighted by atomic mass is 35.5. The number of benzene rings is 1. The summed E-state index contributed by atoms with van der Waals surface area (Å²) in [5.41, 5.74) is 1.22. The van der Waals surface area contributed by atoms with Gasteiger partial charge in [-0.3, -0.25) is 0 Å². The van der Waals surface area contributed by atoms with E-state index in [1.807, 2.05) is 35.8 Å². The summed E-state index contributed by atoms with van der Waals surface area (Å²) in [4.78, 5) is 4.28. The molecule has 1 nitrogen and oxygen atoms in total. The third kappa shape index (κ3) is 2.97. The Morgan fingerprint density at radius 3 is 2.56 bits per heavy atom. The van der Waals surface area contributed by atoms with E-state index in [1.165, 1.54) is 5.56 Å². The molecule has 4 heteroatoms. The summed E-state index contributed by atoms with van der Waals surface area (Å²) in [5, 5.41) is 3.87. The van der Waals surface area contributed by atoms with E-state index < -0.39 is 0 Å². The average Bonchev–Trinajstić information content (AvgIpc) is 2.80. The van der Waals surface area contributed by atoms with Gasteiger partial charge in [-0.15, -0.1) is 22.9 Å². The average molecular weight is 272 g/mol. The standard InChI is InChI=1S/C12H11Cl2NS/c13-8-10(7-12-15-5-6-16-12)9-1-3-11(14)4-2-9/h1-6,10H,7-8H2. The second-order valence-corrected chi connectivity index (χ2v) is 5.26. The fraction of sp³-hybridized carbons (Fsp3) is 0.250. The first-order valence-electron chi connectivity index (χ1n) is 4.99. The van der Waals surface area contributed by atoms with Gasteiger partial charge in [0.15, 0.2) is 0 Å². The molecule has 2 rings (SSSR count). The first kappa shape index (κ1) is 11.9. The number of aromatic nitrogens is 1. The molecule has 0 bridgehead atoms. The summed E-state index contributed by atoms with van der Waals surface area (Å²) in [6.45, 7) is 0. The van der Waals surface area contributed by atoms with Crippen LogP contribution < -0.4 is 0 Å². The zero-order valence-corrected chi connectivity index (χ0v) is 10.9. The topological polar surface area (TPSA) is 12.9 Å². The lowest BCUT2D eigenvalue weighted by molar-refractivity contribution is 0.761. The molecule has 0 N–H and O–H groups in total. The minimum Gasteiger partial charge on any atom is -0.250 e. The largest absolute Gasteiger partial charge is 0.250 e. The van der Waals surface area contributed by atoms with Gasteiger partial charge in [0.1, 0.15) is 0 Å². The molecule has 16 heavy (non-hydrogen) atoms. The van der Waals surface area contributed by atoms with Crippen LogP contribution in [0.4, 0.5) is 0 Å². The zero-order valence-electron chi connectivity index (χ0n) is 8.57. The highest BCUT2D eigenvalue weighted by Gasteiger charge is 2.12. The Balaban J connectivity index is 2.13. The summed E-state index contributed by atoms with van der Waals surface area (Å²) in [6, 6.07) is 7.86. The second-order valence-electron chi connectivity index (χ2n) is 3.53. The first-order valence-corrected chi connectivity index (χ1v) is 6.78. The number of halogens is 2. The van der Waals surface area contributed by atoms with Gasteiger partial charge in [0.25, 0.3) is 0 Å². The van der Waals surface area contributed by atoms with E-state index in [-0.39, 0.29) is 0 Å². The van der Waals surface area contributed by atoms with Gasteiger partial charge in [0.05, 0.1) is 5.01 Å². The van der Waals surface area contributed by atoms with Gasteiger partial charge in [0.2, 0.25) is 0 Å². The Hall–Kier alpha value is -0.570. The van der Waals surface area contributed by atoms with Crippen molar-refractivity contribution in [2.75, 3.05) is 5.88 Å². The highest BCUT2D eigenvalue weighted by molar-refractivity contribution is 7.09. The van der Waals surface area contributed by atoms with Crippen LogP contribution in [0.3, 0.4) is 0 Å². The number of thiazole rings is 1. The van der Waals surface area contributed by atoms with Crippen LogP contribution in [0, 0.1) is 0 Å². The van der Waals surface area contributed by atoms with Crippen molar-refractivity contribution in [3.05, 3.63) is 51.4 Å². The number of hydrogen-bond donors (Lipinski definition) is 0. The van der Waals surface area contributed by atoms with E-state index in [1.54, 1.807) is 11.3 Å². The molecule has 1 aromatic carbocycles. The molecule has 0 fully saturated rings. The number of rotatable bonds is 4. The van der Waals surface area contributed by atoms with Crippen molar-refractivity contribution in [3.8, 4) is 0 Å². The molecular weight excluding hydrogens is 261 g/mol. The van der Waals surface area contributed by atoms with Crippen LogP contribution in [-0.2, 0) is 6.42 Å². The second kappa shape index (κ2) is 5.67. The van der Waals surface area contributed by atoms with Gasteiger partial charge < -0.3 is 0 Å². The minimum atomic E-state index is 0.310. The van der Waals surface area contributed by atoms with Gasteiger partial charge >= 0.3 is 0 Å². The molecule has 84 valence electrons. The molecule has 0 radical (unpaired) electrons. The van der Waals surface area contributed by atoms with Gasteiger partial charge in [-0.25, -0.2) is 4.98 Å². The molecular formula is C12H11Cl2NS. The van der Waals surface area contributed by atoms with Gasteiger partial charge in [0, 0.05) is 34.8 Å². The quantitative estimate of drug-likeness (QED) is 0.753. The third-order valence-corrected chi connectivity index (χ3v) is 3.86. The number of nitrogens with zero attached hydrogens (tertiary/aromatic N) is 1. The van der Waals surface area contributed by atoms with E-state index in [0.717, 1.165) is 16.5 Å². The monoisotopic (exact) mass is 271 g/mol. The lowest BCUT2D eigenvalue weighted by Gasteiger charge is -2.12. The zero-order chi connectivity index (χ0) is 11.4. The van der Waals surface area contributed by atoms with Crippen LogP contribution in [0.25, 0.3) is 0 Å². The Morgan fingerprint density at radius 2 is 2.00 bits per heavy atom. The van der Waals surface area contributed by atoms with Crippen LogP contribution in [0.5, 0.6) is 0 Å². The highest BCUT2D eigenvalue weighted by Crippen LogP contribution is 2.24. The van der Waals surface area contributed by atoms with Crippen LogP contribution in [0.15, 0.2) is 35.8 Å². The molecule has 0 saturated heterocycles. The van der Waals surface area contributed by atoms with E-state index in [2.05, 4.69) is 4.98 Å². The van der Waals surface area contributed by atoms with Crippen LogP contribution in [0.2, 0.25) is 5.02 Å². The number of alkyl halides is 1. The molecule has 0 saturated carbocycles. The molecule has 1 heterocycles. The molecule has 1 atom stereocenters. The fourth-order valence-corrected chi connectivity index (χ4v) is 2.67. The van der Waals surface area contributed by atoms with Crippen LogP contribution in [-0.4, -0.2) is 10.9 Å². The van der Waals surface area contributed by atoms with Crippen molar-refractivity contribution < 1.29 is 0 Å². The van der Waals surface area contributed by atoms with E-state index in [0.29, 0.717) is 11.8 Å². The van der Waals surface area contributed by atoms with Gasteiger partial charge in [-0.2, -0.15) is 0 Å². The Kier molecular flexibility index (Phi) is 4.22. The maximum Gasteiger partial charge on any atom is 0.0931 e. The van der Waals surface area contributed by atoms with Gasteiger partial charge in [-0.1, -0.05) is 23.7 Å². The molecule has 2 aromatic rings. The SMILES string of the molecule is ClCC(Cc1nccs1)c1ccc(Cl)cc1. The molecule has 1 unspecified atom stereocenters. The fourth-order valence-electron chi connectivity index (χ4n) is 1.56. The summed E-state index contributed by atoms with van der Waals surface area (Å²) in [7, 11) is 0. The normalized spacial score (nSPS) is 12.6. The molecule has 0 aliphatic heterocycles. The maximum atomic E-state index is 6.00. The van der Waals surface area contributed by atoms with E-state index >= 15 is 0 Å². The van der Waals surface area contributed by atoms with Crippen LogP contribution >= 0.6 is 34.5 Å². The smallest absolute Gasteiger partial charge is 0.0931 e. The van der Waals surface area contributed by atoms with E-state index in [9.17, 15) is 0 Å². The summed E-state index contributed by atoms with van der Waals surface area (Å²) < 4.78 is 0. The predicted octanol–water partition coefficient (Wildman–Crippen LogP) is 4.36. The van der Waals surface area contributed by atoms with Crippen molar-refractivity contribution in [2.24, 2.45) is 0 Å². The van der Waals surface area contributed by atoms with Crippen molar-refractivity contribution >= 4 is 34.5 Å². The molecule has 0 aliphatic rings. The lowest BCUT2D eigenvalue weighted by Crippen LogP contribution is -2.04. The molecule has 0 spiro atoms. The summed E-state index contributed by atoms with van der Waals surface area (Å²) >= 11 is 13.5. The summed E-state index contributed by atoms with van der Waals surface area (Å²) in [6.07, 6.45) is 2.72. The van der Waals surface area contributed by atoms with Crippen molar-refractivity contribution in [1.82, 2.24) is 4.98 Å². The molecule has 0 amide bonds. The van der Waals surface area contributed by atoms with Crippen molar-refractivity contribution in [1.29, 1.82) is 0 Å². The summed E-state index contributed by atoms with van der Waals surface area (Å²) in [5.74, 6) is 0.909. The van der Waals surface area contributed by atoms with Crippen molar-refractivity contribution in [2.45, 2.75) is 12.3 Å². The van der Waals surface area contributed by atoms with Crippen molar-refractivity contribution in [3.63, 3.8) is 0 Å².